The van der Waals surface area contributed by atoms with Crippen molar-refractivity contribution in [3.8, 4) is 0 Å². The molecule has 0 aromatic heterocycles. The molecular formula is C17H25N3O4S. The van der Waals surface area contributed by atoms with Gasteiger partial charge in [-0.25, -0.2) is 8.42 Å². The average Bonchev–Trinajstić information content (AvgIpc) is 2.98. The molecule has 1 aliphatic rings. The molecular weight excluding hydrogens is 342 g/mol. The lowest BCUT2D eigenvalue weighted by atomic mass is 10.1. The number of ketones is 1. The van der Waals surface area contributed by atoms with Gasteiger partial charge in [-0.05, 0) is 39.3 Å². The molecule has 8 heteroatoms. The first-order chi connectivity index (χ1) is 11.7. The Morgan fingerprint density at radius 2 is 1.76 bits per heavy atom. The molecule has 1 amide bonds. The Labute approximate surface area is 148 Å². The van der Waals surface area contributed by atoms with Crippen LogP contribution in [-0.2, 0) is 14.8 Å². The maximum Gasteiger partial charge on any atom is 0.243 e. The molecule has 25 heavy (non-hydrogen) atoms. The third-order valence-electron chi connectivity index (χ3n) is 4.52. The van der Waals surface area contributed by atoms with Crippen molar-refractivity contribution in [2.24, 2.45) is 5.73 Å². The van der Waals surface area contributed by atoms with E-state index >= 15 is 0 Å². The van der Waals surface area contributed by atoms with Crippen LogP contribution in [0.3, 0.4) is 0 Å². The van der Waals surface area contributed by atoms with Crippen molar-refractivity contribution in [2.75, 3.05) is 19.6 Å². The number of carbonyl (C=O) groups excluding carboxylic acids is 2. The predicted octanol–water partition coefficient (Wildman–Crippen LogP) is 0.848. The lowest BCUT2D eigenvalue weighted by Gasteiger charge is -2.28. The van der Waals surface area contributed by atoms with Gasteiger partial charge >= 0.3 is 0 Å². The average molecular weight is 367 g/mol. The molecule has 0 spiro atoms. The minimum Gasteiger partial charge on any atom is -0.342 e. The molecule has 0 saturated carbocycles. The Balaban J connectivity index is 2.35. The molecule has 1 saturated heterocycles. The van der Waals surface area contributed by atoms with E-state index in [1.165, 1.54) is 35.5 Å². The first kappa shape index (κ1) is 19.6. The summed E-state index contributed by atoms with van der Waals surface area (Å²) in [5, 5.41) is 0. The Morgan fingerprint density at radius 1 is 1.20 bits per heavy atom. The summed E-state index contributed by atoms with van der Waals surface area (Å²) in [5.74, 6) is -0.358. The highest BCUT2D eigenvalue weighted by molar-refractivity contribution is 7.89. The summed E-state index contributed by atoms with van der Waals surface area (Å²) in [6.07, 6.45) is 0.306. The number of sulfonamides is 1. The first-order valence-electron chi connectivity index (χ1n) is 8.39. The largest absolute Gasteiger partial charge is 0.342 e. The molecule has 0 radical (unpaired) electrons. The highest BCUT2D eigenvalue weighted by Crippen LogP contribution is 2.27. The highest BCUT2D eigenvalue weighted by atomic mass is 32.2. The minimum absolute atomic E-state index is 0.0592. The number of hydrogen-bond donors (Lipinski definition) is 1. The summed E-state index contributed by atoms with van der Waals surface area (Å²) in [6.45, 7) is 6.27. The molecule has 138 valence electrons. The lowest BCUT2D eigenvalue weighted by molar-refractivity contribution is -0.134. The van der Waals surface area contributed by atoms with Crippen molar-refractivity contribution in [1.29, 1.82) is 0 Å². The fraction of sp³-hybridized carbons (Fsp3) is 0.529. The van der Waals surface area contributed by atoms with E-state index in [0.29, 0.717) is 25.1 Å². The Kier molecular flexibility index (Phi) is 5.97. The number of rotatable bonds is 6. The summed E-state index contributed by atoms with van der Waals surface area (Å²) >= 11 is 0. The second-order valence-corrected chi connectivity index (χ2v) is 8.07. The number of benzene rings is 1. The molecule has 2 N–H and O–H groups in total. The Morgan fingerprint density at radius 3 is 2.24 bits per heavy atom. The maximum absolute atomic E-state index is 13.0. The van der Waals surface area contributed by atoms with Gasteiger partial charge in [0.1, 0.15) is 6.04 Å². The van der Waals surface area contributed by atoms with Crippen LogP contribution in [0.15, 0.2) is 29.2 Å². The molecule has 1 aromatic carbocycles. The van der Waals surface area contributed by atoms with Gasteiger partial charge < -0.3 is 10.6 Å². The van der Waals surface area contributed by atoms with Gasteiger partial charge in [0, 0.05) is 31.2 Å². The van der Waals surface area contributed by atoms with E-state index in [4.69, 9.17) is 5.73 Å². The number of Topliss-reactive ketones (excluding diaryl/α,β-unsaturated/α-hetero) is 1. The molecule has 2 rings (SSSR count). The van der Waals surface area contributed by atoms with Gasteiger partial charge in [0.2, 0.25) is 15.9 Å². The second kappa shape index (κ2) is 7.63. The summed E-state index contributed by atoms with van der Waals surface area (Å²) in [5.41, 5.74) is 6.39. The Bertz CT molecular complexity index is 742. The first-order valence-corrected chi connectivity index (χ1v) is 9.83. The monoisotopic (exact) mass is 367 g/mol. The molecule has 2 atom stereocenters. The molecule has 1 aliphatic heterocycles. The summed E-state index contributed by atoms with van der Waals surface area (Å²) in [7, 11) is -3.86. The van der Waals surface area contributed by atoms with Crippen LogP contribution < -0.4 is 5.73 Å². The molecule has 1 aromatic rings. The number of nitrogens with zero attached hydrogens (tertiary/aromatic N) is 2. The van der Waals surface area contributed by atoms with Crippen LogP contribution in [0.5, 0.6) is 0 Å². The molecule has 1 heterocycles. The smallest absolute Gasteiger partial charge is 0.243 e. The van der Waals surface area contributed by atoms with Crippen LogP contribution in [0.2, 0.25) is 0 Å². The predicted molar refractivity (Wildman–Crippen MR) is 94.6 cm³/mol. The zero-order valence-electron chi connectivity index (χ0n) is 14.8. The van der Waals surface area contributed by atoms with Crippen molar-refractivity contribution < 1.29 is 18.0 Å². The van der Waals surface area contributed by atoms with Crippen LogP contribution in [0, 0.1) is 0 Å². The molecule has 0 unspecified atom stereocenters. The summed E-state index contributed by atoms with van der Waals surface area (Å²) < 4.78 is 27.2. The summed E-state index contributed by atoms with van der Waals surface area (Å²) in [6, 6.07) is 4.59. The van der Waals surface area contributed by atoms with Gasteiger partial charge in [-0.3, -0.25) is 9.59 Å². The van der Waals surface area contributed by atoms with Gasteiger partial charge in [-0.2, -0.15) is 4.31 Å². The van der Waals surface area contributed by atoms with Gasteiger partial charge in [-0.1, -0.05) is 12.1 Å². The van der Waals surface area contributed by atoms with Crippen LogP contribution in [-0.4, -0.2) is 61.0 Å². The van der Waals surface area contributed by atoms with Crippen molar-refractivity contribution in [3.63, 3.8) is 0 Å². The van der Waals surface area contributed by atoms with Crippen molar-refractivity contribution in [2.45, 2.75) is 44.2 Å². The quantitative estimate of drug-likeness (QED) is 0.751. The highest BCUT2D eigenvalue weighted by Gasteiger charge is 2.43. The zero-order valence-corrected chi connectivity index (χ0v) is 15.6. The molecule has 0 aliphatic carbocycles. The third-order valence-corrected chi connectivity index (χ3v) is 6.40. The van der Waals surface area contributed by atoms with E-state index in [9.17, 15) is 18.0 Å². The molecule has 0 bridgehead atoms. The van der Waals surface area contributed by atoms with Gasteiger partial charge in [0.25, 0.3) is 0 Å². The maximum atomic E-state index is 13.0. The molecule has 1 fully saturated rings. The zero-order chi connectivity index (χ0) is 18.8. The summed E-state index contributed by atoms with van der Waals surface area (Å²) in [4.78, 5) is 25.7. The fourth-order valence-electron chi connectivity index (χ4n) is 3.07. The topological polar surface area (TPSA) is 101 Å². The normalized spacial score (nSPS) is 21.3. The SMILES string of the molecule is CCN(CC)C(=O)[C@@H]1C[C@@H](N)CN1S(=O)(=O)c1ccc(C(C)=O)cc1. The Hall–Kier alpha value is -1.77. The number of amides is 1. The fourth-order valence-corrected chi connectivity index (χ4v) is 4.72. The van der Waals surface area contributed by atoms with Crippen molar-refractivity contribution in [1.82, 2.24) is 9.21 Å². The van der Waals surface area contributed by atoms with Crippen LogP contribution in [0.4, 0.5) is 0 Å². The van der Waals surface area contributed by atoms with Gasteiger partial charge in [0.15, 0.2) is 5.78 Å². The van der Waals surface area contributed by atoms with E-state index in [1.807, 2.05) is 13.8 Å². The standard InChI is InChI=1S/C17H25N3O4S/c1-4-19(5-2)17(22)16-10-14(18)11-20(16)25(23,24)15-8-6-13(7-9-15)12(3)21/h6-9,14,16H,4-5,10-11,18H2,1-3H3/t14-,16+/m1/s1. The minimum atomic E-state index is -3.86. The van der Waals surface area contributed by atoms with Crippen LogP contribution in [0.25, 0.3) is 0 Å². The number of hydrogen-bond acceptors (Lipinski definition) is 5. The van der Waals surface area contributed by atoms with Crippen LogP contribution >= 0.6 is 0 Å². The lowest BCUT2D eigenvalue weighted by Crippen LogP contribution is -2.47. The van der Waals surface area contributed by atoms with Crippen LogP contribution in [0.1, 0.15) is 37.6 Å². The second-order valence-electron chi connectivity index (χ2n) is 6.18. The van der Waals surface area contributed by atoms with Crippen molar-refractivity contribution >= 4 is 21.7 Å². The number of carbonyl (C=O) groups is 2. The van der Waals surface area contributed by atoms with E-state index in [0.717, 1.165) is 0 Å². The van der Waals surface area contributed by atoms with Gasteiger partial charge in [0.05, 0.1) is 4.90 Å². The van der Waals surface area contributed by atoms with Gasteiger partial charge in [-0.15, -0.1) is 0 Å². The van der Waals surface area contributed by atoms with E-state index < -0.39 is 16.1 Å². The van der Waals surface area contributed by atoms with Crippen molar-refractivity contribution in [3.05, 3.63) is 29.8 Å². The number of nitrogens with two attached hydrogens (primary N) is 1. The van der Waals surface area contributed by atoms with E-state index in [2.05, 4.69) is 0 Å². The van der Waals surface area contributed by atoms with E-state index in [1.54, 1.807) is 4.90 Å². The third kappa shape index (κ3) is 3.91. The number of likely N-dealkylation sites (N-methyl/N-ethyl adjacent to an activating group) is 1. The molecule has 7 nitrogen and oxygen atoms in total. The van der Waals surface area contributed by atoms with E-state index in [-0.39, 0.29) is 29.2 Å².